The van der Waals surface area contributed by atoms with Gasteiger partial charge in [0.05, 0.1) is 23.6 Å². The summed E-state index contributed by atoms with van der Waals surface area (Å²) in [7, 11) is 0. The van der Waals surface area contributed by atoms with Crippen LogP contribution in [0.3, 0.4) is 0 Å². The van der Waals surface area contributed by atoms with Crippen molar-refractivity contribution in [3.8, 4) is 0 Å². The van der Waals surface area contributed by atoms with Crippen molar-refractivity contribution in [3.05, 3.63) is 77.9 Å². The van der Waals surface area contributed by atoms with Crippen molar-refractivity contribution in [1.82, 2.24) is 4.90 Å². The Balaban J connectivity index is 1.53. The van der Waals surface area contributed by atoms with Gasteiger partial charge >= 0.3 is 0 Å². The van der Waals surface area contributed by atoms with Crippen molar-refractivity contribution in [2.75, 3.05) is 4.90 Å². The van der Waals surface area contributed by atoms with Crippen LogP contribution < -0.4 is 4.90 Å². The van der Waals surface area contributed by atoms with Gasteiger partial charge in [-0.25, -0.2) is 13.7 Å². The molecule has 2 fully saturated rings. The Morgan fingerprint density at radius 1 is 0.862 bits per heavy atom. The predicted octanol–water partition coefficient (Wildman–Crippen LogP) is 2.46. The Kier molecular flexibility index (Phi) is 3.96. The first-order chi connectivity index (χ1) is 14.0. The number of imide groups is 1. The standard InChI is InChI=1S/C22H16F2N2O3/c23-14-8-4-5-12(19(14)24)11-25-15-9-10-16(27)20(25)18-17(15)21(28)26(22(18)29)13-6-2-1-3-7-13/h1-10,15,17-18,20H,11H2/t15-,17-,18-,20+/m0/s1. The SMILES string of the molecule is O=C1C=C[C@H]2[C@@H]3C(=O)N(c4ccccc4)C(=O)[C@@H]3[C@@H]1N2Cc1cccc(F)c1F. The zero-order chi connectivity index (χ0) is 20.3. The molecule has 3 aliphatic rings. The Labute approximate surface area is 165 Å². The van der Waals surface area contributed by atoms with E-state index < -0.39 is 41.5 Å². The maximum Gasteiger partial charge on any atom is 0.239 e. The van der Waals surface area contributed by atoms with Gasteiger partial charge in [0, 0.05) is 18.2 Å². The summed E-state index contributed by atoms with van der Waals surface area (Å²) in [6.07, 6.45) is 2.99. The normalized spacial score (nSPS) is 28.3. The minimum Gasteiger partial charge on any atom is -0.293 e. The largest absolute Gasteiger partial charge is 0.293 e. The van der Waals surface area contributed by atoms with Gasteiger partial charge in [0.25, 0.3) is 0 Å². The molecule has 0 unspecified atom stereocenters. The number of anilines is 1. The van der Waals surface area contributed by atoms with Gasteiger partial charge in [-0.1, -0.05) is 36.4 Å². The Hall–Kier alpha value is -3.19. The fourth-order valence-corrected chi connectivity index (χ4v) is 4.77. The van der Waals surface area contributed by atoms with Gasteiger partial charge in [-0.3, -0.25) is 19.3 Å². The molecule has 146 valence electrons. The molecule has 2 aromatic rings. The van der Waals surface area contributed by atoms with Crippen LogP contribution in [0.15, 0.2) is 60.7 Å². The van der Waals surface area contributed by atoms with E-state index in [-0.39, 0.29) is 23.8 Å². The van der Waals surface area contributed by atoms with E-state index in [1.165, 1.54) is 18.2 Å². The molecule has 0 spiro atoms. The molecule has 29 heavy (non-hydrogen) atoms. The average Bonchev–Trinajstić information content (AvgIpc) is 3.10. The minimum absolute atomic E-state index is 0.0616. The lowest BCUT2D eigenvalue weighted by Gasteiger charge is -2.33. The highest BCUT2D eigenvalue weighted by Gasteiger charge is 2.64. The molecule has 2 aromatic carbocycles. The van der Waals surface area contributed by atoms with Gasteiger partial charge in [-0.05, 0) is 24.3 Å². The molecule has 0 N–H and O–H groups in total. The van der Waals surface area contributed by atoms with Crippen LogP contribution in [-0.4, -0.2) is 34.6 Å². The summed E-state index contributed by atoms with van der Waals surface area (Å²) in [6.45, 7) is -0.0616. The Morgan fingerprint density at radius 2 is 1.59 bits per heavy atom. The summed E-state index contributed by atoms with van der Waals surface area (Å²) in [5.41, 5.74) is 0.553. The molecule has 2 bridgehead atoms. The summed E-state index contributed by atoms with van der Waals surface area (Å²) in [4.78, 5) is 41.8. The number of nitrogens with zero attached hydrogens (tertiary/aromatic N) is 2. The average molecular weight is 394 g/mol. The van der Waals surface area contributed by atoms with E-state index in [0.29, 0.717) is 5.69 Å². The minimum atomic E-state index is -0.984. The van der Waals surface area contributed by atoms with E-state index in [4.69, 9.17) is 0 Å². The maximum absolute atomic E-state index is 14.2. The fraction of sp³-hybridized carbons (Fsp3) is 0.227. The zero-order valence-corrected chi connectivity index (χ0v) is 15.2. The van der Waals surface area contributed by atoms with Crippen LogP contribution in [0.5, 0.6) is 0 Å². The first-order valence-electron chi connectivity index (χ1n) is 9.32. The number of carbonyl (C=O) groups is 3. The second kappa shape index (κ2) is 6.42. The molecule has 3 aliphatic heterocycles. The number of ketones is 1. The summed E-state index contributed by atoms with van der Waals surface area (Å²) in [5.74, 6) is -4.64. The van der Waals surface area contributed by atoms with Crippen LogP contribution in [-0.2, 0) is 20.9 Å². The van der Waals surface area contributed by atoms with Crippen molar-refractivity contribution < 1.29 is 23.2 Å². The number of fused-ring (bicyclic) bond motifs is 5. The van der Waals surface area contributed by atoms with Gasteiger partial charge in [0.1, 0.15) is 0 Å². The number of hydrogen-bond acceptors (Lipinski definition) is 4. The number of hydrogen-bond donors (Lipinski definition) is 0. The molecule has 5 rings (SSSR count). The van der Waals surface area contributed by atoms with Crippen LogP contribution in [0, 0.1) is 23.5 Å². The number of para-hydroxylation sites is 1. The van der Waals surface area contributed by atoms with Crippen molar-refractivity contribution in [1.29, 1.82) is 0 Å². The highest BCUT2D eigenvalue weighted by atomic mass is 19.2. The van der Waals surface area contributed by atoms with Crippen molar-refractivity contribution in [2.45, 2.75) is 18.6 Å². The van der Waals surface area contributed by atoms with Gasteiger partial charge in [-0.15, -0.1) is 0 Å². The van der Waals surface area contributed by atoms with E-state index in [2.05, 4.69) is 0 Å². The topological polar surface area (TPSA) is 57.7 Å². The molecule has 7 heteroatoms. The number of rotatable bonds is 3. The van der Waals surface area contributed by atoms with Gasteiger partial charge < -0.3 is 0 Å². The third kappa shape index (κ3) is 2.50. The van der Waals surface area contributed by atoms with Crippen LogP contribution >= 0.6 is 0 Å². The second-order valence-electron chi connectivity index (χ2n) is 7.48. The molecule has 0 saturated carbocycles. The van der Waals surface area contributed by atoms with Gasteiger partial charge in [-0.2, -0.15) is 0 Å². The lowest BCUT2D eigenvalue weighted by molar-refractivity contribution is -0.129. The Bertz CT molecular complexity index is 1070. The third-order valence-electron chi connectivity index (χ3n) is 5.99. The first-order valence-corrected chi connectivity index (χ1v) is 9.32. The molecule has 0 aliphatic carbocycles. The number of benzene rings is 2. The van der Waals surface area contributed by atoms with Crippen LogP contribution in [0.4, 0.5) is 14.5 Å². The molecular formula is C22H16F2N2O3. The molecular weight excluding hydrogens is 378 g/mol. The molecule has 0 aromatic heterocycles. The highest BCUT2D eigenvalue weighted by Crippen LogP contribution is 2.47. The predicted molar refractivity (Wildman–Crippen MR) is 99.5 cm³/mol. The molecule has 4 atom stereocenters. The van der Waals surface area contributed by atoms with Crippen LogP contribution in [0.2, 0.25) is 0 Å². The van der Waals surface area contributed by atoms with Crippen molar-refractivity contribution in [3.63, 3.8) is 0 Å². The number of carbonyl (C=O) groups excluding carboxylic acids is 3. The zero-order valence-electron chi connectivity index (χ0n) is 15.2. The van der Waals surface area contributed by atoms with E-state index in [1.54, 1.807) is 41.3 Å². The van der Waals surface area contributed by atoms with Crippen molar-refractivity contribution in [2.24, 2.45) is 11.8 Å². The Morgan fingerprint density at radius 3 is 2.34 bits per heavy atom. The second-order valence-corrected chi connectivity index (χ2v) is 7.48. The molecule has 5 nitrogen and oxygen atoms in total. The van der Waals surface area contributed by atoms with Crippen LogP contribution in [0.25, 0.3) is 0 Å². The fourth-order valence-electron chi connectivity index (χ4n) is 4.77. The summed E-state index contributed by atoms with van der Waals surface area (Å²) in [5, 5.41) is 0. The molecule has 2 saturated heterocycles. The first kappa shape index (κ1) is 17.9. The summed E-state index contributed by atoms with van der Waals surface area (Å²) >= 11 is 0. The van der Waals surface area contributed by atoms with E-state index >= 15 is 0 Å². The monoisotopic (exact) mass is 394 g/mol. The lowest BCUT2D eigenvalue weighted by atomic mass is 9.90. The lowest BCUT2D eigenvalue weighted by Crippen LogP contribution is -2.48. The van der Waals surface area contributed by atoms with E-state index in [0.717, 1.165) is 11.0 Å². The smallest absolute Gasteiger partial charge is 0.239 e. The summed E-state index contributed by atoms with van der Waals surface area (Å²) in [6, 6.07) is 11.0. The maximum atomic E-state index is 14.2. The van der Waals surface area contributed by atoms with Crippen molar-refractivity contribution >= 4 is 23.3 Å². The molecule has 0 radical (unpaired) electrons. The molecule has 3 heterocycles. The van der Waals surface area contributed by atoms with Gasteiger partial charge in [0.2, 0.25) is 11.8 Å². The van der Waals surface area contributed by atoms with E-state index in [1.807, 2.05) is 0 Å². The number of halogens is 2. The number of amides is 2. The quantitative estimate of drug-likeness (QED) is 0.751. The van der Waals surface area contributed by atoms with Crippen LogP contribution in [0.1, 0.15) is 5.56 Å². The van der Waals surface area contributed by atoms with Gasteiger partial charge in [0.15, 0.2) is 17.4 Å². The highest BCUT2D eigenvalue weighted by molar-refractivity contribution is 6.24. The summed E-state index contributed by atoms with van der Waals surface area (Å²) < 4.78 is 27.8. The third-order valence-corrected chi connectivity index (χ3v) is 5.99. The van der Waals surface area contributed by atoms with E-state index in [9.17, 15) is 23.2 Å². The molecule has 2 amide bonds.